The fourth-order valence-electron chi connectivity index (χ4n) is 1.63. The highest BCUT2D eigenvalue weighted by Crippen LogP contribution is 2.25. The van der Waals surface area contributed by atoms with Gasteiger partial charge in [0.1, 0.15) is 5.82 Å². The minimum Gasteiger partial charge on any atom is -0.398 e. The molecule has 1 aromatic rings. The van der Waals surface area contributed by atoms with E-state index in [9.17, 15) is 18.0 Å². The topological polar surface area (TPSA) is 92.6 Å². The molecule has 1 rings (SSSR count). The lowest BCUT2D eigenvalue weighted by Gasteiger charge is -2.24. The molecule has 0 heterocycles. The Labute approximate surface area is 107 Å². The second kappa shape index (κ2) is 6.28. The van der Waals surface area contributed by atoms with E-state index in [4.69, 9.17) is 16.6 Å². The third kappa shape index (κ3) is 3.75. The zero-order valence-electron chi connectivity index (χ0n) is 9.94. The van der Waals surface area contributed by atoms with Crippen molar-refractivity contribution in [3.05, 3.63) is 23.5 Å². The number of aliphatic hydroxyl groups excluding tert-OH is 1. The van der Waals surface area contributed by atoms with E-state index in [-0.39, 0.29) is 23.5 Å². The van der Waals surface area contributed by atoms with Crippen molar-refractivity contribution >= 4 is 17.3 Å². The van der Waals surface area contributed by atoms with Gasteiger partial charge in [-0.15, -0.1) is 0 Å². The molecule has 0 aliphatic carbocycles. The van der Waals surface area contributed by atoms with Gasteiger partial charge < -0.3 is 21.5 Å². The Hall–Kier alpha value is -1.96. The predicted octanol–water partition coefficient (Wildman–Crippen LogP) is 0.571. The second-order valence-corrected chi connectivity index (χ2v) is 3.82. The van der Waals surface area contributed by atoms with Crippen LogP contribution in [-0.2, 0) is 0 Å². The average Bonchev–Trinajstić information content (AvgIpc) is 2.27. The molecule has 5 N–H and O–H groups in total. The van der Waals surface area contributed by atoms with Crippen LogP contribution in [0.3, 0.4) is 0 Å². The van der Waals surface area contributed by atoms with Gasteiger partial charge in [0, 0.05) is 12.2 Å². The fourth-order valence-corrected chi connectivity index (χ4v) is 1.63. The van der Waals surface area contributed by atoms with Crippen molar-refractivity contribution in [2.75, 3.05) is 30.3 Å². The average molecular weight is 277 g/mol. The number of carbonyl (C=O) groups excluding carboxylic acids is 1. The van der Waals surface area contributed by atoms with Gasteiger partial charge in [0.15, 0.2) is 0 Å². The van der Waals surface area contributed by atoms with Crippen LogP contribution in [0, 0.1) is 5.82 Å². The summed E-state index contributed by atoms with van der Waals surface area (Å²) in [5.41, 5.74) is 9.88. The lowest BCUT2D eigenvalue weighted by atomic mass is 10.1. The third-order valence-corrected chi connectivity index (χ3v) is 2.45. The van der Waals surface area contributed by atoms with E-state index < -0.39 is 31.3 Å². The number of rotatable bonds is 6. The van der Waals surface area contributed by atoms with Gasteiger partial charge in [-0.3, -0.25) is 4.79 Å². The first-order valence-electron chi connectivity index (χ1n) is 5.39. The number of alkyl halides is 2. The summed E-state index contributed by atoms with van der Waals surface area (Å²) < 4.78 is 38.5. The molecule has 0 unspecified atom stereocenters. The molecule has 1 amide bonds. The summed E-state index contributed by atoms with van der Waals surface area (Å²) in [7, 11) is 0. The summed E-state index contributed by atoms with van der Waals surface area (Å²) in [6.45, 7) is -1.43. The molecule has 5 nitrogen and oxygen atoms in total. The van der Waals surface area contributed by atoms with E-state index in [1.54, 1.807) is 0 Å². The number of primary amides is 1. The minimum absolute atomic E-state index is 0.159. The highest BCUT2D eigenvalue weighted by molar-refractivity contribution is 5.99. The monoisotopic (exact) mass is 277 g/mol. The van der Waals surface area contributed by atoms with E-state index in [0.29, 0.717) is 0 Å². The summed E-state index contributed by atoms with van der Waals surface area (Å²) in [5.74, 6) is -1.75. The smallest absolute Gasteiger partial charge is 0.255 e. The minimum atomic E-state index is -2.72. The van der Waals surface area contributed by atoms with Crippen molar-refractivity contribution in [1.82, 2.24) is 0 Å². The number of nitrogens with zero attached hydrogens (tertiary/aromatic N) is 1. The lowest BCUT2D eigenvalue weighted by molar-refractivity contribution is 0.100. The summed E-state index contributed by atoms with van der Waals surface area (Å²) >= 11 is 0. The molecule has 106 valence electrons. The van der Waals surface area contributed by atoms with Crippen molar-refractivity contribution in [3.63, 3.8) is 0 Å². The highest BCUT2D eigenvalue weighted by Gasteiger charge is 2.19. The first-order valence-corrected chi connectivity index (χ1v) is 5.39. The van der Waals surface area contributed by atoms with Crippen LogP contribution in [-0.4, -0.2) is 37.1 Å². The number of amides is 1. The van der Waals surface area contributed by atoms with E-state index >= 15 is 0 Å². The van der Waals surface area contributed by atoms with E-state index in [0.717, 1.165) is 17.0 Å². The summed E-state index contributed by atoms with van der Waals surface area (Å²) in [6.07, 6.45) is -2.72. The van der Waals surface area contributed by atoms with E-state index in [1.807, 2.05) is 0 Å². The number of aliphatic hydroxyl groups is 1. The molecule has 19 heavy (non-hydrogen) atoms. The molecule has 8 heteroatoms. The van der Waals surface area contributed by atoms with Crippen LogP contribution in [0.2, 0.25) is 0 Å². The number of nitrogen functional groups attached to an aromatic ring is 1. The third-order valence-electron chi connectivity index (χ3n) is 2.45. The molecule has 0 aromatic heterocycles. The zero-order chi connectivity index (χ0) is 14.6. The molecule has 0 bridgehead atoms. The van der Waals surface area contributed by atoms with Crippen LogP contribution in [0.1, 0.15) is 10.4 Å². The zero-order valence-corrected chi connectivity index (χ0v) is 9.94. The summed E-state index contributed by atoms with van der Waals surface area (Å²) in [5, 5.41) is 8.81. The number of halogens is 3. The van der Waals surface area contributed by atoms with Crippen LogP contribution in [0.4, 0.5) is 24.5 Å². The van der Waals surface area contributed by atoms with Crippen molar-refractivity contribution < 1.29 is 23.1 Å². The van der Waals surface area contributed by atoms with Gasteiger partial charge in [-0.1, -0.05) is 0 Å². The normalized spacial score (nSPS) is 10.8. The molecule has 0 fully saturated rings. The molecule has 1 aromatic carbocycles. The number of nitrogens with two attached hydrogens (primary N) is 2. The Morgan fingerprint density at radius 2 is 2.05 bits per heavy atom. The number of benzene rings is 1. The van der Waals surface area contributed by atoms with Gasteiger partial charge >= 0.3 is 0 Å². The fraction of sp³-hybridized carbons (Fsp3) is 0.364. The quantitative estimate of drug-likeness (QED) is 0.663. The molecule has 0 aliphatic rings. The number of hydrogen-bond acceptors (Lipinski definition) is 4. The first kappa shape index (κ1) is 15.1. The number of carbonyl (C=O) groups is 1. The molecular weight excluding hydrogens is 263 g/mol. The standard InChI is InChI=1S/C11H14F3N3O2/c12-7-4-8(15)6(11(16)19)3-9(7)17(1-2-18)5-10(13)14/h3-4,10,18H,1-2,5,15H2,(H2,16,19). The van der Waals surface area contributed by atoms with Gasteiger partial charge in [-0.25, -0.2) is 13.2 Å². The van der Waals surface area contributed by atoms with Gasteiger partial charge in [0.05, 0.1) is 24.4 Å². The highest BCUT2D eigenvalue weighted by atomic mass is 19.3. The van der Waals surface area contributed by atoms with Crippen molar-refractivity contribution in [3.8, 4) is 0 Å². The van der Waals surface area contributed by atoms with Gasteiger partial charge in [0.25, 0.3) is 12.3 Å². The maximum Gasteiger partial charge on any atom is 0.255 e. The van der Waals surface area contributed by atoms with E-state index in [2.05, 4.69) is 0 Å². The molecule has 0 spiro atoms. The number of hydrogen-bond donors (Lipinski definition) is 3. The summed E-state index contributed by atoms with van der Waals surface area (Å²) in [6, 6.07) is 1.84. The second-order valence-electron chi connectivity index (χ2n) is 3.82. The van der Waals surface area contributed by atoms with Crippen molar-refractivity contribution in [2.45, 2.75) is 6.43 Å². The SMILES string of the molecule is NC(=O)c1cc(N(CCO)CC(F)F)c(F)cc1N. The Bertz CT molecular complexity index is 469. The van der Waals surface area contributed by atoms with Crippen molar-refractivity contribution in [1.29, 1.82) is 0 Å². The Morgan fingerprint density at radius 3 is 2.53 bits per heavy atom. The van der Waals surface area contributed by atoms with Crippen molar-refractivity contribution in [2.24, 2.45) is 5.73 Å². The summed E-state index contributed by atoms with van der Waals surface area (Å²) in [4.78, 5) is 12.0. The first-order chi connectivity index (χ1) is 8.86. The molecule has 0 saturated carbocycles. The molecule has 0 radical (unpaired) electrons. The van der Waals surface area contributed by atoms with Crippen LogP contribution in [0.5, 0.6) is 0 Å². The van der Waals surface area contributed by atoms with Gasteiger partial charge in [0.2, 0.25) is 0 Å². The van der Waals surface area contributed by atoms with E-state index in [1.165, 1.54) is 0 Å². The van der Waals surface area contributed by atoms with Crippen LogP contribution in [0.15, 0.2) is 12.1 Å². The molecule has 0 atom stereocenters. The Balaban J connectivity index is 3.21. The maximum absolute atomic E-state index is 13.7. The van der Waals surface area contributed by atoms with Gasteiger partial charge in [-0.2, -0.15) is 0 Å². The molecule has 0 aliphatic heterocycles. The maximum atomic E-state index is 13.7. The molecular formula is C11H14F3N3O2. The lowest BCUT2D eigenvalue weighted by Crippen LogP contribution is -2.32. The van der Waals surface area contributed by atoms with Crippen LogP contribution < -0.4 is 16.4 Å². The predicted molar refractivity (Wildman–Crippen MR) is 64.6 cm³/mol. The van der Waals surface area contributed by atoms with Gasteiger partial charge in [-0.05, 0) is 12.1 Å². The largest absolute Gasteiger partial charge is 0.398 e. The van der Waals surface area contributed by atoms with Crippen LogP contribution in [0.25, 0.3) is 0 Å². The molecule has 0 saturated heterocycles. The Kier molecular flexibility index (Phi) is 4.99. The number of anilines is 2. The Morgan fingerprint density at radius 1 is 1.42 bits per heavy atom. The van der Waals surface area contributed by atoms with Crippen LogP contribution >= 0.6 is 0 Å².